The molecule has 2 rings (SSSR count). The van der Waals surface area contributed by atoms with Crippen molar-refractivity contribution in [3.8, 4) is 5.75 Å². The van der Waals surface area contributed by atoms with Gasteiger partial charge >= 0.3 is 0 Å². The first-order chi connectivity index (χ1) is 12.5. The second-order valence-corrected chi connectivity index (χ2v) is 6.58. The van der Waals surface area contributed by atoms with Crippen molar-refractivity contribution in [1.82, 2.24) is 0 Å². The largest absolute Gasteiger partial charge is 0.494 e. The van der Waals surface area contributed by atoms with Gasteiger partial charge in [0.15, 0.2) is 0 Å². The SMILES string of the molecule is CCCCOCc1cc(C(=O)Nc2ccc(Cl)cc2Cl)ccc1OCC. The first-order valence-electron chi connectivity index (χ1n) is 8.65. The molecule has 0 aliphatic carbocycles. The zero-order valence-corrected chi connectivity index (χ0v) is 16.5. The third-order valence-electron chi connectivity index (χ3n) is 3.70. The van der Waals surface area contributed by atoms with Crippen molar-refractivity contribution in [1.29, 1.82) is 0 Å². The van der Waals surface area contributed by atoms with Crippen LogP contribution in [0.4, 0.5) is 5.69 Å². The Morgan fingerprint density at radius 3 is 2.62 bits per heavy atom. The Balaban J connectivity index is 2.15. The number of carbonyl (C=O) groups excluding carboxylic acids is 1. The first kappa shape index (κ1) is 20.6. The van der Waals surface area contributed by atoms with Crippen LogP contribution in [0, 0.1) is 0 Å². The van der Waals surface area contributed by atoms with E-state index in [4.69, 9.17) is 32.7 Å². The van der Waals surface area contributed by atoms with Crippen LogP contribution < -0.4 is 10.1 Å². The van der Waals surface area contributed by atoms with E-state index in [1.165, 1.54) is 0 Å². The molecule has 0 unspecified atom stereocenters. The van der Waals surface area contributed by atoms with Crippen LogP contribution >= 0.6 is 23.2 Å². The van der Waals surface area contributed by atoms with Gasteiger partial charge in [-0.2, -0.15) is 0 Å². The summed E-state index contributed by atoms with van der Waals surface area (Å²) in [4.78, 5) is 12.6. The van der Waals surface area contributed by atoms with Crippen LogP contribution in [0.3, 0.4) is 0 Å². The smallest absolute Gasteiger partial charge is 0.255 e. The molecule has 26 heavy (non-hydrogen) atoms. The average Bonchev–Trinajstić information content (AvgIpc) is 2.62. The highest BCUT2D eigenvalue weighted by atomic mass is 35.5. The molecule has 0 saturated carbocycles. The van der Waals surface area contributed by atoms with Gasteiger partial charge in [0.05, 0.1) is 23.9 Å². The maximum Gasteiger partial charge on any atom is 0.255 e. The Bertz CT molecular complexity index is 750. The average molecular weight is 396 g/mol. The fourth-order valence-corrected chi connectivity index (χ4v) is 2.80. The molecule has 0 aliphatic heterocycles. The van der Waals surface area contributed by atoms with E-state index in [0.717, 1.165) is 24.2 Å². The van der Waals surface area contributed by atoms with Gasteiger partial charge in [0.25, 0.3) is 5.91 Å². The molecule has 0 heterocycles. The van der Waals surface area contributed by atoms with Crippen LogP contribution in [0.25, 0.3) is 0 Å². The fraction of sp³-hybridized carbons (Fsp3) is 0.350. The summed E-state index contributed by atoms with van der Waals surface area (Å²) in [5.74, 6) is 0.470. The predicted octanol–water partition coefficient (Wildman–Crippen LogP) is 5.96. The summed E-state index contributed by atoms with van der Waals surface area (Å²) in [6.45, 7) is 5.66. The second kappa shape index (κ2) is 10.4. The molecule has 2 aromatic carbocycles. The van der Waals surface area contributed by atoms with Gasteiger partial charge in [-0.3, -0.25) is 4.79 Å². The van der Waals surface area contributed by atoms with Gasteiger partial charge < -0.3 is 14.8 Å². The van der Waals surface area contributed by atoms with Crippen LogP contribution in [0.2, 0.25) is 10.0 Å². The third kappa shape index (κ3) is 5.90. The molecule has 0 radical (unpaired) electrons. The monoisotopic (exact) mass is 395 g/mol. The summed E-state index contributed by atoms with van der Waals surface area (Å²) < 4.78 is 11.3. The molecular formula is C20H23Cl2NO3. The molecular weight excluding hydrogens is 373 g/mol. The van der Waals surface area contributed by atoms with Crippen LogP contribution in [-0.2, 0) is 11.3 Å². The quantitative estimate of drug-likeness (QED) is 0.532. The molecule has 0 spiro atoms. The van der Waals surface area contributed by atoms with E-state index < -0.39 is 0 Å². The Labute approximate surface area is 164 Å². The molecule has 0 aromatic heterocycles. The van der Waals surface area contributed by atoms with Crippen LogP contribution in [0.1, 0.15) is 42.6 Å². The molecule has 4 nitrogen and oxygen atoms in total. The summed E-state index contributed by atoms with van der Waals surface area (Å²) in [6, 6.07) is 10.2. The zero-order valence-electron chi connectivity index (χ0n) is 15.0. The standard InChI is InChI=1S/C20H23Cl2NO3/c1-3-5-10-25-13-15-11-14(6-9-19(15)26-4-2)20(24)23-18-8-7-16(21)12-17(18)22/h6-9,11-12H,3-5,10,13H2,1-2H3,(H,23,24). The van der Waals surface area contributed by atoms with E-state index >= 15 is 0 Å². The lowest BCUT2D eigenvalue weighted by atomic mass is 10.1. The van der Waals surface area contributed by atoms with Crippen molar-refractivity contribution in [2.75, 3.05) is 18.5 Å². The zero-order chi connectivity index (χ0) is 18.9. The van der Waals surface area contributed by atoms with Crippen molar-refractivity contribution < 1.29 is 14.3 Å². The van der Waals surface area contributed by atoms with E-state index in [0.29, 0.717) is 41.1 Å². The molecule has 0 saturated heterocycles. The minimum Gasteiger partial charge on any atom is -0.494 e. The van der Waals surface area contributed by atoms with E-state index in [-0.39, 0.29) is 5.91 Å². The molecule has 6 heteroatoms. The maximum absolute atomic E-state index is 12.6. The molecule has 0 bridgehead atoms. The molecule has 0 atom stereocenters. The molecule has 0 fully saturated rings. The molecule has 2 aromatic rings. The van der Waals surface area contributed by atoms with Gasteiger partial charge in [0.2, 0.25) is 0 Å². The highest BCUT2D eigenvalue weighted by Gasteiger charge is 2.13. The fourth-order valence-electron chi connectivity index (χ4n) is 2.34. The number of carbonyl (C=O) groups is 1. The van der Waals surface area contributed by atoms with Gasteiger partial charge in [-0.1, -0.05) is 36.5 Å². The van der Waals surface area contributed by atoms with Crippen molar-refractivity contribution in [2.24, 2.45) is 0 Å². The van der Waals surface area contributed by atoms with Gasteiger partial charge in [0, 0.05) is 22.8 Å². The van der Waals surface area contributed by atoms with Gasteiger partial charge in [0.1, 0.15) is 5.75 Å². The Hall–Kier alpha value is -1.75. The number of hydrogen-bond donors (Lipinski definition) is 1. The molecule has 140 valence electrons. The summed E-state index contributed by atoms with van der Waals surface area (Å²) in [7, 11) is 0. The highest BCUT2D eigenvalue weighted by molar-refractivity contribution is 6.36. The number of benzene rings is 2. The first-order valence-corrected chi connectivity index (χ1v) is 9.40. The normalized spacial score (nSPS) is 10.6. The number of amides is 1. The van der Waals surface area contributed by atoms with E-state index in [1.807, 2.05) is 6.92 Å². The number of hydrogen-bond acceptors (Lipinski definition) is 3. The lowest BCUT2D eigenvalue weighted by Crippen LogP contribution is -2.13. The molecule has 0 aliphatic rings. The minimum atomic E-state index is -0.257. The van der Waals surface area contributed by atoms with Crippen LogP contribution in [0.15, 0.2) is 36.4 Å². The lowest BCUT2D eigenvalue weighted by molar-refractivity contribution is 0.102. The van der Waals surface area contributed by atoms with Gasteiger partial charge in [-0.05, 0) is 49.7 Å². The van der Waals surface area contributed by atoms with Crippen molar-refractivity contribution >= 4 is 34.8 Å². The molecule has 1 N–H and O–H groups in total. The topological polar surface area (TPSA) is 47.6 Å². The highest BCUT2D eigenvalue weighted by Crippen LogP contribution is 2.27. The molecule has 1 amide bonds. The second-order valence-electron chi connectivity index (χ2n) is 5.74. The summed E-state index contributed by atoms with van der Waals surface area (Å²) in [5.41, 5.74) is 1.86. The number of ether oxygens (including phenoxy) is 2. The van der Waals surface area contributed by atoms with Gasteiger partial charge in [-0.25, -0.2) is 0 Å². The summed E-state index contributed by atoms with van der Waals surface area (Å²) in [5, 5.41) is 3.70. The number of unbranched alkanes of at least 4 members (excludes halogenated alkanes) is 1. The van der Waals surface area contributed by atoms with Crippen molar-refractivity contribution in [2.45, 2.75) is 33.3 Å². The van der Waals surface area contributed by atoms with Crippen LogP contribution in [0.5, 0.6) is 5.75 Å². The minimum absolute atomic E-state index is 0.257. The summed E-state index contributed by atoms with van der Waals surface area (Å²) >= 11 is 12.0. The Morgan fingerprint density at radius 2 is 1.92 bits per heavy atom. The number of halogens is 2. The number of rotatable bonds is 9. The van der Waals surface area contributed by atoms with E-state index in [1.54, 1.807) is 36.4 Å². The summed E-state index contributed by atoms with van der Waals surface area (Å²) in [6.07, 6.45) is 2.07. The van der Waals surface area contributed by atoms with Gasteiger partial charge in [-0.15, -0.1) is 0 Å². The van der Waals surface area contributed by atoms with Crippen molar-refractivity contribution in [3.05, 3.63) is 57.6 Å². The maximum atomic E-state index is 12.6. The van der Waals surface area contributed by atoms with E-state index in [9.17, 15) is 4.79 Å². The lowest BCUT2D eigenvalue weighted by Gasteiger charge is -2.13. The number of anilines is 1. The van der Waals surface area contributed by atoms with Crippen LogP contribution in [-0.4, -0.2) is 19.1 Å². The van der Waals surface area contributed by atoms with Crippen molar-refractivity contribution in [3.63, 3.8) is 0 Å². The Morgan fingerprint density at radius 1 is 1.12 bits per heavy atom. The number of nitrogens with one attached hydrogen (secondary N) is 1. The predicted molar refractivity (Wildman–Crippen MR) is 107 cm³/mol. The third-order valence-corrected chi connectivity index (χ3v) is 4.25. The Kier molecular flexibility index (Phi) is 8.23. The van der Waals surface area contributed by atoms with E-state index in [2.05, 4.69) is 12.2 Å².